The van der Waals surface area contributed by atoms with Crippen LogP contribution in [0.2, 0.25) is 10.0 Å². The molecular formula is C17H16Cl2N2. The lowest BCUT2D eigenvalue weighted by molar-refractivity contribution is 0.279. The van der Waals surface area contributed by atoms with Crippen LogP contribution in [0, 0.1) is 0 Å². The fourth-order valence-corrected chi connectivity index (χ4v) is 2.84. The molecule has 0 atom stereocenters. The Bertz CT molecular complexity index is 668. The summed E-state index contributed by atoms with van der Waals surface area (Å²) in [4.78, 5) is 6.84. The van der Waals surface area contributed by atoms with E-state index in [1.165, 1.54) is 11.3 Å². The summed E-state index contributed by atoms with van der Waals surface area (Å²) < 4.78 is 0. The summed E-state index contributed by atoms with van der Waals surface area (Å²) >= 11 is 11.9. The highest BCUT2D eigenvalue weighted by Gasteiger charge is 2.15. The average molecular weight is 319 g/mol. The van der Waals surface area contributed by atoms with Crippen LogP contribution in [0.25, 0.3) is 6.08 Å². The minimum absolute atomic E-state index is 0.592. The van der Waals surface area contributed by atoms with Crippen molar-refractivity contribution in [1.82, 2.24) is 9.88 Å². The molecule has 2 aromatic rings. The van der Waals surface area contributed by atoms with Gasteiger partial charge in [-0.1, -0.05) is 47.5 Å². The molecule has 108 valence electrons. The normalized spacial score (nSPS) is 15.3. The molecule has 0 unspecified atom stereocenters. The molecule has 1 aromatic heterocycles. The van der Waals surface area contributed by atoms with Crippen LogP contribution in [-0.2, 0) is 13.0 Å². The van der Waals surface area contributed by atoms with Crippen molar-refractivity contribution in [3.63, 3.8) is 0 Å². The van der Waals surface area contributed by atoms with Gasteiger partial charge in [-0.3, -0.25) is 9.88 Å². The first-order valence-corrected chi connectivity index (χ1v) is 7.75. The Morgan fingerprint density at radius 3 is 2.95 bits per heavy atom. The van der Waals surface area contributed by atoms with Crippen molar-refractivity contribution >= 4 is 29.3 Å². The smallest absolute Gasteiger partial charge is 0.0598 e. The van der Waals surface area contributed by atoms with Crippen molar-refractivity contribution in [2.45, 2.75) is 13.0 Å². The van der Waals surface area contributed by atoms with Gasteiger partial charge in [0, 0.05) is 37.9 Å². The van der Waals surface area contributed by atoms with E-state index >= 15 is 0 Å². The topological polar surface area (TPSA) is 16.1 Å². The number of benzene rings is 1. The molecule has 0 amide bonds. The van der Waals surface area contributed by atoms with E-state index in [0.29, 0.717) is 10.0 Å². The Kier molecular flexibility index (Phi) is 4.59. The zero-order valence-corrected chi connectivity index (χ0v) is 13.1. The Labute approximate surface area is 135 Å². The van der Waals surface area contributed by atoms with Gasteiger partial charge >= 0.3 is 0 Å². The summed E-state index contributed by atoms with van der Waals surface area (Å²) in [7, 11) is 0. The average Bonchev–Trinajstić information content (AvgIpc) is 2.51. The highest BCUT2D eigenvalue weighted by molar-refractivity contribution is 6.42. The van der Waals surface area contributed by atoms with Crippen LogP contribution in [0.5, 0.6) is 0 Å². The molecule has 0 saturated heterocycles. The van der Waals surface area contributed by atoms with E-state index < -0.39 is 0 Å². The van der Waals surface area contributed by atoms with Crippen LogP contribution in [0.15, 0.2) is 42.6 Å². The number of pyridine rings is 1. The molecule has 0 bridgehead atoms. The summed E-state index contributed by atoms with van der Waals surface area (Å²) in [6.07, 6.45) is 7.15. The van der Waals surface area contributed by atoms with Gasteiger partial charge in [-0.25, -0.2) is 0 Å². The van der Waals surface area contributed by atoms with Crippen LogP contribution >= 0.6 is 23.2 Å². The Balaban J connectivity index is 1.61. The van der Waals surface area contributed by atoms with Gasteiger partial charge < -0.3 is 0 Å². The molecule has 0 radical (unpaired) electrons. The molecule has 21 heavy (non-hydrogen) atoms. The van der Waals surface area contributed by atoms with Crippen LogP contribution in [0.3, 0.4) is 0 Å². The van der Waals surface area contributed by atoms with Gasteiger partial charge in [-0.15, -0.1) is 0 Å². The molecule has 2 nitrogen and oxygen atoms in total. The lowest BCUT2D eigenvalue weighted by Gasteiger charge is -2.26. The molecule has 0 N–H and O–H groups in total. The predicted octanol–water partition coefficient (Wildman–Crippen LogP) is 4.46. The summed E-state index contributed by atoms with van der Waals surface area (Å²) in [6, 6.07) is 9.85. The summed E-state index contributed by atoms with van der Waals surface area (Å²) in [5, 5.41) is 1.19. The first-order valence-electron chi connectivity index (χ1n) is 6.99. The highest BCUT2D eigenvalue weighted by Crippen LogP contribution is 2.23. The summed E-state index contributed by atoms with van der Waals surface area (Å²) in [6.45, 7) is 2.94. The number of aromatic nitrogens is 1. The van der Waals surface area contributed by atoms with Crippen LogP contribution in [-0.4, -0.2) is 23.0 Å². The number of hydrogen-bond donors (Lipinski definition) is 0. The zero-order valence-electron chi connectivity index (χ0n) is 11.6. The SMILES string of the molecule is Clc1ccc(/C=C/CN2CCc3ncccc3C2)cc1Cl. The number of rotatable bonds is 3. The second-order valence-corrected chi connectivity index (χ2v) is 5.98. The van der Waals surface area contributed by atoms with E-state index in [2.05, 4.69) is 28.1 Å². The van der Waals surface area contributed by atoms with Gasteiger partial charge in [0.1, 0.15) is 0 Å². The quantitative estimate of drug-likeness (QED) is 0.830. The molecule has 1 aliphatic heterocycles. The van der Waals surface area contributed by atoms with Gasteiger partial charge in [0.05, 0.1) is 10.0 Å². The molecule has 0 aliphatic carbocycles. The van der Waals surface area contributed by atoms with Crippen LogP contribution < -0.4 is 0 Å². The number of hydrogen-bond acceptors (Lipinski definition) is 2. The van der Waals surface area contributed by atoms with E-state index in [-0.39, 0.29) is 0 Å². The highest BCUT2D eigenvalue weighted by atomic mass is 35.5. The Hall–Kier alpha value is -1.35. The second-order valence-electron chi connectivity index (χ2n) is 5.17. The van der Waals surface area contributed by atoms with E-state index in [9.17, 15) is 0 Å². The van der Waals surface area contributed by atoms with E-state index in [0.717, 1.165) is 31.6 Å². The molecular weight excluding hydrogens is 303 g/mol. The fraction of sp³-hybridized carbons (Fsp3) is 0.235. The zero-order chi connectivity index (χ0) is 14.7. The monoisotopic (exact) mass is 318 g/mol. The maximum atomic E-state index is 6.01. The van der Waals surface area contributed by atoms with Crippen molar-refractivity contribution in [3.05, 3.63) is 69.5 Å². The van der Waals surface area contributed by atoms with Gasteiger partial charge in [-0.05, 0) is 29.3 Å². The van der Waals surface area contributed by atoms with Gasteiger partial charge in [0.25, 0.3) is 0 Å². The van der Waals surface area contributed by atoms with Gasteiger partial charge in [0.15, 0.2) is 0 Å². The number of nitrogens with zero attached hydrogens (tertiary/aromatic N) is 2. The summed E-state index contributed by atoms with van der Waals surface area (Å²) in [5.41, 5.74) is 3.65. The number of halogens is 2. The van der Waals surface area contributed by atoms with Crippen LogP contribution in [0.4, 0.5) is 0 Å². The van der Waals surface area contributed by atoms with E-state index in [1.54, 1.807) is 0 Å². The maximum absolute atomic E-state index is 6.01. The van der Waals surface area contributed by atoms with E-state index in [1.807, 2.05) is 30.5 Å². The molecule has 0 fully saturated rings. The van der Waals surface area contributed by atoms with Gasteiger partial charge in [-0.2, -0.15) is 0 Å². The van der Waals surface area contributed by atoms with Crippen molar-refractivity contribution in [2.75, 3.05) is 13.1 Å². The number of fused-ring (bicyclic) bond motifs is 1. The maximum Gasteiger partial charge on any atom is 0.0598 e. The molecule has 4 heteroatoms. The van der Waals surface area contributed by atoms with Crippen molar-refractivity contribution < 1.29 is 0 Å². The molecule has 3 rings (SSSR count). The lowest BCUT2D eigenvalue weighted by Crippen LogP contribution is -2.31. The molecule has 1 aromatic carbocycles. The van der Waals surface area contributed by atoms with E-state index in [4.69, 9.17) is 23.2 Å². The molecule has 0 spiro atoms. The predicted molar refractivity (Wildman–Crippen MR) is 88.7 cm³/mol. The fourth-order valence-electron chi connectivity index (χ4n) is 2.53. The Morgan fingerprint density at radius 2 is 2.10 bits per heavy atom. The van der Waals surface area contributed by atoms with Crippen LogP contribution in [0.1, 0.15) is 16.8 Å². The minimum Gasteiger partial charge on any atom is -0.295 e. The largest absolute Gasteiger partial charge is 0.295 e. The first-order chi connectivity index (χ1) is 10.2. The third kappa shape index (κ3) is 3.65. The first kappa shape index (κ1) is 14.6. The van der Waals surface area contributed by atoms with Crippen molar-refractivity contribution in [2.24, 2.45) is 0 Å². The third-order valence-corrected chi connectivity index (χ3v) is 4.40. The summed E-state index contributed by atoms with van der Waals surface area (Å²) in [5.74, 6) is 0. The molecule has 2 heterocycles. The van der Waals surface area contributed by atoms with Gasteiger partial charge in [0.2, 0.25) is 0 Å². The second kappa shape index (κ2) is 6.61. The molecule has 1 aliphatic rings. The van der Waals surface area contributed by atoms with Crippen molar-refractivity contribution in [3.8, 4) is 0 Å². The standard InChI is InChI=1S/C17H16Cl2N2/c18-15-6-5-13(11-16(15)19)3-2-9-21-10-7-17-14(12-21)4-1-8-20-17/h1-6,8,11H,7,9-10,12H2/b3-2+. The third-order valence-electron chi connectivity index (χ3n) is 3.66. The molecule has 0 saturated carbocycles. The minimum atomic E-state index is 0.592. The van der Waals surface area contributed by atoms with Crippen molar-refractivity contribution in [1.29, 1.82) is 0 Å². The Morgan fingerprint density at radius 1 is 1.19 bits per heavy atom. The lowest BCUT2D eigenvalue weighted by atomic mass is 10.1.